The Kier molecular flexibility index (Phi) is 4.37. The number of piperidine rings is 1. The minimum atomic E-state index is -0.109. The Morgan fingerprint density at radius 1 is 1.53 bits per heavy atom. The van der Waals surface area contributed by atoms with Gasteiger partial charge in [0.05, 0.1) is 10.6 Å². The highest BCUT2D eigenvalue weighted by Crippen LogP contribution is 2.19. The molecule has 1 aliphatic heterocycles. The summed E-state index contributed by atoms with van der Waals surface area (Å²) in [6, 6.07) is 1.64. The highest BCUT2D eigenvalue weighted by molar-refractivity contribution is 6.33. The van der Waals surface area contributed by atoms with Crippen LogP contribution >= 0.6 is 11.6 Å². The van der Waals surface area contributed by atoms with Crippen LogP contribution < -0.4 is 5.32 Å². The van der Waals surface area contributed by atoms with Crippen molar-refractivity contribution >= 4 is 23.4 Å². The van der Waals surface area contributed by atoms with Gasteiger partial charge >= 0.3 is 0 Å². The van der Waals surface area contributed by atoms with E-state index in [1.165, 1.54) is 13.1 Å². The van der Waals surface area contributed by atoms with E-state index in [0.29, 0.717) is 23.7 Å². The van der Waals surface area contributed by atoms with Gasteiger partial charge in [0.1, 0.15) is 0 Å². The average molecular weight is 282 g/mol. The van der Waals surface area contributed by atoms with Gasteiger partial charge in [0.25, 0.3) is 5.91 Å². The zero-order chi connectivity index (χ0) is 13.8. The van der Waals surface area contributed by atoms with Crippen molar-refractivity contribution in [2.24, 2.45) is 0 Å². The monoisotopic (exact) mass is 281 g/mol. The molecule has 0 radical (unpaired) electrons. The average Bonchev–Trinajstić information content (AvgIpc) is 2.38. The van der Waals surface area contributed by atoms with Crippen LogP contribution in [-0.4, -0.2) is 40.8 Å². The van der Waals surface area contributed by atoms with E-state index in [9.17, 15) is 9.59 Å². The highest BCUT2D eigenvalue weighted by Gasteiger charge is 2.25. The fourth-order valence-electron chi connectivity index (χ4n) is 2.29. The molecule has 1 aromatic rings. The van der Waals surface area contributed by atoms with Crippen LogP contribution in [-0.2, 0) is 4.79 Å². The topological polar surface area (TPSA) is 62.3 Å². The molecule has 2 rings (SSSR count). The maximum absolute atomic E-state index is 12.4. The van der Waals surface area contributed by atoms with Crippen molar-refractivity contribution < 1.29 is 9.59 Å². The molecule has 0 bridgehead atoms. The Morgan fingerprint density at radius 3 is 3.00 bits per heavy atom. The van der Waals surface area contributed by atoms with E-state index in [1.54, 1.807) is 17.2 Å². The number of carbonyl (C=O) groups excluding carboxylic acids is 2. The molecule has 1 saturated heterocycles. The Morgan fingerprint density at radius 2 is 2.32 bits per heavy atom. The Balaban J connectivity index is 2.07. The Bertz CT molecular complexity index is 493. The van der Waals surface area contributed by atoms with Crippen LogP contribution in [0.25, 0.3) is 0 Å². The fourth-order valence-corrected chi connectivity index (χ4v) is 2.49. The van der Waals surface area contributed by atoms with E-state index in [1.807, 2.05) is 0 Å². The lowest BCUT2D eigenvalue weighted by Gasteiger charge is -2.33. The fraction of sp³-hybridized carbons (Fsp3) is 0.462. The number of nitrogens with zero attached hydrogens (tertiary/aromatic N) is 2. The predicted octanol–water partition coefficient (Wildman–Crippen LogP) is 1.48. The van der Waals surface area contributed by atoms with Crippen molar-refractivity contribution in [1.29, 1.82) is 0 Å². The second-order valence-corrected chi connectivity index (χ2v) is 5.05. The van der Waals surface area contributed by atoms with Crippen LogP contribution in [0.1, 0.15) is 30.1 Å². The van der Waals surface area contributed by atoms with Crippen LogP contribution in [0.15, 0.2) is 18.5 Å². The molecule has 1 N–H and O–H groups in total. The molecule has 1 aromatic heterocycles. The Labute approximate surface area is 117 Å². The molecule has 1 atom stereocenters. The van der Waals surface area contributed by atoms with E-state index < -0.39 is 0 Å². The number of pyridine rings is 1. The van der Waals surface area contributed by atoms with Crippen molar-refractivity contribution in [3.05, 3.63) is 29.0 Å². The van der Waals surface area contributed by atoms with Crippen molar-refractivity contribution in [3.63, 3.8) is 0 Å². The first-order valence-electron chi connectivity index (χ1n) is 6.24. The van der Waals surface area contributed by atoms with Gasteiger partial charge in [-0.15, -0.1) is 0 Å². The molecule has 102 valence electrons. The lowest BCUT2D eigenvalue weighted by atomic mass is 10.0. The molecule has 2 heterocycles. The minimum Gasteiger partial charge on any atom is -0.352 e. The molecule has 0 saturated carbocycles. The van der Waals surface area contributed by atoms with Gasteiger partial charge in [-0.2, -0.15) is 0 Å². The molecule has 1 aliphatic rings. The summed E-state index contributed by atoms with van der Waals surface area (Å²) < 4.78 is 0. The van der Waals surface area contributed by atoms with Gasteiger partial charge in [-0.05, 0) is 18.9 Å². The van der Waals surface area contributed by atoms with E-state index in [-0.39, 0.29) is 17.9 Å². The number of hydrogen-bond donors (Lipinski definition) is 1. The first-order chi connectivity index (χ1) is 9.08. The molecule has 1 fully saturated rings. The number of hydrogen-bond acceptors (Lipinski definition) is 3. The number of nitrogens with one attached hydrogen (secondary N) is 1. The molecular formula is C13H16ClN3O2. The molecule has 1 unspecified atom stereocenters. The number of rotatable bonds is 2. The van der Waals surface area contributed by atoms with Gasteiger partial charge in [-0.3, -0.25) is 14.6 Å². The Hall–Kier alpha value is -1.62. The maximum atomic E-state index is 12.4. The van der Waals surface area contributed by atoms with E-state index in [0.717, 1.165) is 12.8 Å². The van der Waals surface area contributed by atoms with Crippen molar-refractivity contribution in [1.82, 2.24) is 15.2 Å². The number of likely N-dealkylation sites (tertiary alicyclic amines) is 1. The van der Waals surface area contributed by atoms with Gasteiger partial charge < -0.3 is 10.2 Å². The minimum absolute atomic E-state index is 0.0239. The molecule has 0 aromatic carbocycles. The van der Waals surface area contributed by atoms with Crippen LogP contribution in [0.4, 0.5) is 0 Å². The predicted molar refractivity (Wildman–Crippen MR) is 72.0 cm³/mol. The number of carbonyl (C=O) groups is 2. The molecule has 0 aliphatic carbocycles. The summed E-state index contributed by atoms with van der Waals surface area (Å²) in [6.45, 7) is 2.70. The number of halogens is 1. The molecule has 2 amide bonds. The summed E-state index contributed by atoms with van der Waals surface area (Å²) in [6.07, 6.45) is 4.78. The summed E-state index contributed by atoms with van der Waals surface area (Å²) in [7, 11) is 0. The van der Waals surface area contributed by atoms with Crippen molar-refractivity contribution in [2.45, 2.75) is 25.8 Å². The zero-order valence-electron chi connectivity index (χ0n) is 10.7. The summed E-state index contributed by atoms with van der Waals surface area (Å²) in [5.41, 5.74) is 0.458. The van der Waals surface area contributed by atoms with Crippen molar-refractivity contribution in [2.75, 3.05) is 13.1 Å². The normalized spacial score (nSPS) is 19.1. The van der Waals surface area contributed by atoms with Crippen LogP contribution in [0, 0.1) is 0 Å². The lowest BCUT2D eigenvalue weighted by molar-refractivity contribution is -0.120. The number of aromatic nitrogens is 1. The van der Waals surface area contributed by atoms with Gasteiger partial charge in [0, 0.05) is 38.4 Å². The van der Waals surface area contributed by atoms with Crippen LogP contribution in [0.5, 0.6) is 0 Å². The number of amides is 2. The lowest BCUT2D eigenvalue weighted by Crippen LogP contribution is -2.49. The zero-order valence-corrected chi connectivity index (χ0v) is 11.5. The molecular weight excluding hydrogens is 266 g/mol. The summed E-state index contributed by atoms with van der Waals surface area (Å²) in [4.78, 5) is 29.0. The summed E-state index contributed by atoms with van der Waals surface area (Å²) >= 11 is 5.98. The third-order valence-electron chi connectivity index (χ3n) is 3.12. The second kappa shape index (κ2) is 6.02. The first-order valence-corrected chi connectivity index (χ1v) is 6.61. The third-order valence-corrected chi connectivity index (χ3v) is 3.42. The highest BCUT2D eigenvalue weighted by atomic mass is 35.5. The van der Waals surface area contributed by atoms with E-state index in [2.05, 4.69) is 10.3 Å². The summed E-state index contributed by atoms with van der Waals surface area (Å²) in [5, 5.41) is 3.21. The second-order valence-electron chi connectivity index (χ2n) is 4.65. The molecule has 19 heavy (non-hydrogen) atoms. The first kappa shape index (κ1) is 13.8. The van der Waals surface area contributed by atoms with E-state index in [4.69, 9.17) is 11.6 Å². The van der Waals surface area contributed by atoms with Crippen LogP contribution in [0.2, 0.25) is 5.02 Å². The van der Waals surface area contributed by atoms with Gasteiger partial charge in [-0.1, -0.05) is 11.6 Å². The van der Waals surface area contributed by atoms with Gasteiger partial charge in [0.15, 0.2) is 0 Å². The van der Waals surface area contributed by atoms with Crippen LogP contribution in [0.3, 0.4) is 0 Å². The smallest absolute Gasteiger partial charge is 0.255 e. The van der Waals surface area contributed by atoms with Crippen molar-refractivity contribution in [3.8, 4) is 0 Å². The molecule has 0 spiro atoms. The largest absolute Gasteiger partial charge is 0.352 e. The summed E-state index contributed by atoms with van der Waals surface area (Å²) in [5.74, 6) is -0.177. The third kappa shape index (κ3) is 3.44. The maximum Gasteiger partial charge on any atom is 0.255 e. The van der Waals surface area contributed by atoms with Gasteiger partial charge in [-0.25, -0.2) is 0 Å². The quantitative estimate of drug-likeness (QED) is 0.893. The molecule has 5 nitrogen and oxygen atoms in total. The standard InChI is InChI=1S/C13H16ClN3O2/c1-9(18)16-10-3-2-6-17(8-10)13(19)11-4-5-15-7-12(11)14/h4-5,7,10H,2-3,6,8H2,1H3,(H,16,18). The molecule has 6 heteroatoms. The van der Waals surface area contributed by atoms with E-state index >= 15 is 0 Å². The SMILES string of the molecule is CC(=O)NC1CCCN(C(=O)c2ccncc2Cl)C1. The van der Waals surface area contributed by atoms with Gasteiger partial charge in [0.2, 0.25) is 5.91 Å².